The second kappa shape index (κ2) is 7.69. The van der Waals surface area contributed by atoms with Crippen molar-refractivity contribution < 1.29 is 4.79 Å². The van der Waals surface area contributed by atoms with Crippen LogP contribution in [0.1, 0.15) is 30.5 Å². The third-order valence-corrected chi connectivity index (χ3v) is 3.93. The van der Waals surface area contributed by atoms with E-state index in [1.54, 1.807) is 11.3 Å². The van der Waals surface area contributed by atoms with Gasteiger partial charge in [-0.2, -0.15) is 0 Å². The molecule has 0 spiro atoms. The quantitative estimate of drug-likeness (QED) is 0.867. The lowest BCUT2D eigenvalue weighted by atomic mass is 10.0. The first-order valence-electron chi connectivity index (χ1n) is 5.65. The maximum absolute atomic E-state index is 11.6. The molecule has 0 aliphatic heterocycles. The van der Waals surface area contributed by atoms with Gasteiger partial charge in [-0.05, 0) is 25.5 Å². The zero-order valence-electron chi connectivity index (χ0n) is 10.5. The van der Waals surface area contributed by atoms with Gasteiger partial charge >= 0.3 is 0 Å². The zero-order chi connectivity index (χ0) is 12.1. The van der Waals surface area contributed by atoms with E-state index in [0.717, 1.165) is 6.42 Å². The van der Waals surface area contributed by atoms with Crippen molar-refractivity contribution in [3.8, 4) is 0 Å². The fraction of sp³-hybridized carbons (Fsp3) is 0.583. The van der Waals surface area contributed by atoms with Gasteiger partial charge in [0, 0.05) is 21.7 Å². The van der Waals surface area contributed by atoms with Gasteiger partial charge in [0.2, 0.25) is 5.91 Å². The molecule has 3 nitrogen and oxygen atoms in total. The van der Waals surface area contributed by atoms with Crippen molar-refractivity contribution in [1.29, 1.82) is 0 Å². The molecule has 0 saturated heterocycles. The van der Waals surface area contributed by atoms with Crippen molar-refractivity contribution in [3.63, 3.8) is 0 Å². The third-order valence-electron chi connectivity index (χ3n) is 2.70. The average molecular weight is 277 g/mol. The molecule has 0 aliphatic rings. The molecule has 2 atom stereocenters. The number of carbonyl (C=O) groups excluding carboxylic acids is 1. The SMILES string of the molecule is CCc1ccc(CNC(=O)C(C)C(C)N)s1.Cl. The van der Waals surface area contributed by atoms with E-state index >= 15 is 0 Å². The van der Waals surface area contributed by atoms with Crippen LogP contribution in [0.5, 0.6) is 0 Å². The maximum atomic E-state index is 11.6. The van der Waals surface area contributed by atoms with Crippen LogP contribution in [0.4, 0.5) is 0 Å². The second-order valence-electron chi connectivity index (χ2n) is 4.09. The summed E-state index contributed by atoms with van der Waals surface area (Å²) in [4.78, 5) is 14.2. The Hall–Kier alpha value is -0.580. The molecule has 5 heteroatoms. The van der Waals surface area contributed by atoms with Gasteiger partial charge in [-0.25, -0.2) is 0 Å². The molecular formula is C12H21ClN2OS. The highest BCUT2D eigenvalue weighted by molar-refractivity contribution is 7.11. The molecule has 2 unspecified atom stereocenters. The van der Waals surface area contributed by atoms with Crippen molar-refractivity contribution in [2.75, 3.05) is 0 Å². The fourth-order valence-corrected chi connectivity index (χ4v) is 2.18. The lowest BCUT2D eigenvalue weighted by molar-refractivity contribution is -0.125. The van der Waals surface area contributed by atoms with Crippen LogP contribution < -0.4 is 11.1 Å². The minimum atomic E-state index is -0.134. The second-order valence-corrected chi connectivity index (χ2v) is 5.34. The van der Waals surface area contributed by atoms with Gasteiger partial charge in [0.25, 0.3) is 0 Å². The topological polar surface area (TPSA) is 55.1 Å². The molecule has 1 rings (SSSR count). The van der Waals surface area contributed by atoms with Crippen LogP contribution in [0, 0.1) is 5.92 Å². The Morgan fingerprint density at radius 2 is 2.00 bits per heavy atom. The van der Waals surface area contributed by atoms with Gasteiger partial charge in [-0.3, -0.25) is 4.79 Å². The smallest absolute Gasteiger partial charge is 0.224 e. The summed E-state index contributed by atoms with van der Waals surface area (Å²) in [6.45, 7) is 6.45. The van der Waals surface area contributed by atoms with Crippen molar-refractivity contribution in [3.05, 3.63) is 21.9 Å². The number of halogens is 1. The van der Waals surface area contributed by atoms with Crippen LogP contribution >= 0.6 is 23.7 Å². The van der Waals surface area contributed by atoms with Crippen molar-refractivity contribution >= 4 is 29.7 Å². The molecule has 17 heavy (non-hydrogen) atoms. The van der Waals surface area contributed by atoms with E-state index in [2.05, 4.69) is 24.4 Å². The Bertz CT molecular complexity index is 352. The van der Waals surface area contributed by atoms with Gasteiger partial charge < -0.3 is 11.1 Å². The van der Waals surface area contributed by atoms with Crippen LogP contribution in [0.15, 0.2) is 12.1 Å². The largest absolute Gasteiger partial charge is 0.351 e. The van der Waals surface area contributed by atoms with E-state index < -0.39 is 0 Å². The molecule has 0 bridgehead atoms. The molecule has 0 fully saturated rings. The fourth-order valence-electron chi connectivity index (χ4n) is 1.28. The van der Waals surface area contributed by atoms with E-state index in [1.165, 1.54) is 9.75 Å². The standard InChI is InChI=1S/C12H20N2OS.ClH/c1-4-10-5-6-11(16-10)7-14-12(15)8(2)9(3)13;/h5-6,8-9H,4,7,13H2,1-3H3,(H,14,15);1H. The number of aryl methyl sites for hydroxylation is 1. The summed E-state index contributed by atoms with van der Waals surface area (Å²) in [7, 11) is 0. The zero-order valence-corrected chi connectivity index (χ0v) is 12.2. The van der Waals surface area contributed by atoms with E-state index in [0.29, 0.717) is 6.54 Å². The number of hydrogen-bond donors (Lipinski definition) is 2. The molecule has 1 aromatic rings. The van der Waals surface area contributed by atoms with Crippen LogP contribution in [0.25, 0.3) is 0 Å². The first kappa shape index (κ1) is 16.4. The van der Waals surface area contributed by atoms with Crippen molar-refractivity contribution in [1.82, 2.24) is 5.32 Å². The molecule has 1 amide bonds. The van der Waals surface area contributed by atoms with E-state index in [4.69, 9.17) is 5.73 Å². The molecule has 0 aromatic carbocycles. The lowest BCUT2D eigenvalue weighted by Gasteiger charge is -2.14. The van der Waals surface area contributed by atoms with Crippen LogP contribution in [0.3, 0.4) is 0 Å². The summed E-state index contributed by atoms with van der Waals surface area (Å²) < 4.78 is 0. The maximum Gasteiger partial charge on any atom is 0.224 e. The highest BCUT2D eigenvalue weighted by Crippen LogP contribution is 2.16. The number of thiophene rings is 1. The Kier molecular flexibility index (Phi) is 7.43. The summed E-state index contributed by atoms with van der Waals surface area (Å²) in [5.74, 6) is -0.105. The predicted octanol–water partition coefficient (Wildman–Crippen LogP) is 2.33. The number of nitrogens with two attached hydrogens (primary N) is 1. The third kappa shape index (κ3) is 5.06. The van der Waals surface area contributed by atoms with Gasteiger partial charge in [0.15, 0.2) is 0 Å². The monoisotopic (exact) mass is 276 g/mol. The number of carbonyl (C=O) groups is 1. The minimum Gasteiger partial charge on any atom is -0.351 e. The number of nitrogens with one attached hydrogen (secondary N) is 1. The Morgan fingerprint density at radius 1 is 1.41 bits per heavy atom. The van der Waals surface area contributed by atoms with Crippen LogP contribution in [-0.4, -0.2) is 11.9 Å². The number of amides is 1. The molecule has 3 N–H and O–H groups in total. The lowest BCUT2D eigenvalue weighted by Crippen LogP contribution is -2.38. The Morgan fingerprint density at radius 3 is 2.47 bits per heavy atom. The summed E-state index contributed by atoms with van der Waals surface area (Å²) in [5, 5.41) is 2.91. The van der Waals surface area contributed by atoms with Crippen molar-refractivity contribution in [2.45, 2.75) is 39.8 Å². The molecular weight excluding hydrogens is 256 g/mol. The van der Waals surface area contributed by atoms with Crippen LogP contribution in [0.2, 0.25) is 0 Å². The average Bonchev–Trinajstić information content (AvgIpc) is 2.72. The normalized spacial score (nSPS) is 13.6. The highest BCUT2D eigenvalue weighted by Gasteiger charge is 2.16. The van der Waals surface area contributed by atoms with E-state index in [1.807, 2.05) is 13.8 Å². The molecule has 1 heterocycles. The number of hydrogen-bond acceptors (Lipinski definition) is 3. The Balaban J connectivity index is 0.00000256. The predicted molar refractivity (Wildman–Crippen MR) is 75.6 cm³/mol. The summed E-state index contributed by atoms with van der Waals surface area (Å²) >= 11 is 1.75. The first-order valence-corrected chi connectivity index (χ1v) is 6.47. The van der Waals surface area contributed by atoms with Crippen LogP contribution in [-0.2, 0) is 17.8 Å². The number of rotatable bonds is 5. The summed E-state index contributed by atoms with van der Waals surface area (Å²) in [6.07, 6.45) is 1.05. The molecule has 98 valence electrons. The van der Waals surface area contributed by atoms with Gasteiger partial charge in [0.05, 0.1) is 6.54 Å². The Labute approximate surface area is 113 Å². The summed E-state index contributed by atoms with van der Waals surface area (Å²) in [5.41, 5.74) is 5.67. The van der Waals surface area contributed by atoms with E-state index in [9.17, 15) is 4.79 Å². The van der Waals surface area contributed by atoms with Gasteiger partial charge in [-0.15, -0.1) is 23.7 Å². The highest BCUT2D eigenvalue weighted by atomic mass is 35.5. The molecule has 0 aliphatic carbocycles. The van der Waals surface area contributed by atoms with Gasteiger partial charge in [-0.1, -0.05) is 13.8 Å². The molecule has 0 radical (unpaired) electrons. The molecule has 1 aromatic heterocycles. The summed E-state index contributed by atoms with van der Waals surface area (Å²) in [6, 6.07) is 4.08. The first-order chi connectivity index (χ1) is 7.54. The van der Waals surface area contributed by atoms with Gasteiger partial charge in [0.1, 0.15) is 0 Å². The van der Waals surface area contributed by atoms with E-state index in [-0.39, 0.29) is 30.3 Å². The minimum absolute atomic E-state index is 0. The van der Waals surface area contributed by atoms with Crippen molar-refractivity contribution in [2.24, 2.45) is 11.7 Å². The molecule has 0 saturated carbocycles.